The molecule has 1 aliphatic heterocycles. The lowest BCUT2D eigenvalue weighted by molar-refractivity contribution is -0.110. The highest BCUT2D eigenvalue weighted by Crippen LogP contribution is 2.20. The number of aryl methyl sites for hydroxylation is 2. The zero-order chi connectivity index (χ0) is 13.8. The van der Waals surface area contributed by atoms with Crippen molar-refractivity contribution in [2.45, 2.75) is 33.1 Å². The van der Waals surface area contributed by atoms with Crippen molar-refractivity contribution in [1.82, 2.24) is 4.90 Å². The topological polar surface area (TPSA) is 32.3 Å². The number of amides is 1. The molecule has 1 aromatic rings. The third-order valence-electron chi connectivity index (χ3n) is 3.56. The average Bonchev–Trinajstić information content (AvgIpc) is 2.43. The Bertz CT molecular complexity index is 473. The number of para-hydroxylation sites is 1. The molecular weight excluding hydrogens is 256 g/mol. The van der Waals surface area contributed by atoms with Gasteiger partial charge >= 0.3 is 0 Å². The van der Waals surface area contributed by atoms with Crippen LogP contribution in [0.2, 0.25) is 0 Å². The molecule has 1 fully saturated rings. The van der Waals surface area contributed by atoms with Gasteiger partial charge in [0.25, 0.3) is 5.91 Å². The van der Waals surface area contributed by atoms with Gasteiger partial charge in [-0.1, -0.05) is 30.4 Å². The molecule has 0 unspecified atom stereocenters. The normalized spacial score (nSPS) is 15.2. The maximum atomic E-state index is 12.2. The predicted molar refractivity (Wildman–Crippen MR) is 82.6 cm³/mol. The molecule has 4 heteroatoms. The van der Waals surface area contributed by atoms with Gasteiger partial charge in [0.1, 0.15) is 0 Å². The van der Waals surface area contributed by atoms with Crippen molar-refractivity contribution in [3.8, 4) is 0 Å². The highest BCUT2D eigenvalue weighted by atomic mass is 32.1. The largest absolute Gasteiger partial charge is 0.358 e. The first-order valence-corrected chi connectivity index (χ1v) is 7.17. The fourth-order valence-corrected chi connectivity index (χ4v) is 2.65. The Balaban J connectivity index is 2.06. The molecule has 1 saturated heterocycles. The molecule has 0 bridgehead atoms. The van der Waals surface area contributed by atoms with Crippen LogP contribution in [0.25, 0.3) is 0 Å². The van der Waals surface area contributed by atoms with Gasteiger partial charge in [0.2, 0.25) is 0 Å². The van der Waals surface area contributed by atoms with Crippen LogP contribution in [-0.4, -0.2) is 28.9 Å². The van der Waals surface area contributed by atoms with Gasteiger partial charge in [-0.15, -0.1) is 0 Å². The summed E-state index contributed by atoms with van der Waals surface area (Å²) in [7, 11) is 0. The van der Waals surface area contributed by atoms with Crippen LogP contribution in [0.4, 0.5) is 5.69 Å². The van der Waals surface area contributed by atoms with Crippen molar-refractivity contribution in [3.05, 3.63) is 29.3 Å². The molecule has 102 valence electrons. The molecule has 0 radical (unpaired) electrons. The number of benzene rings is 1. The molecular formula is C15H20N2OS. The summed E-state index contributed by atoms with van der Waals surface area (Å²) in [5, 5.41) is 2.95. The summed E-state index contributed by atoms with van der Waals surface area (Å²) in [6, 6.07) is 5.97. The Morgan fingerprint density at radius 2 is 1.74 bits per heavy atom. The van der Waals surface area contributed by atoms with E-state index in [-0.39, 0.29) is 5.91 Å². The molecule has 1 aromatic carbocycles. The summed E-state index contributed by atoms with van der Waals surface area (Å²) < 4.78 is 0. The number of hydrogen-bond donors (Lipinski definition) is 1. The van der Waals surface area contributed by atoms with Crippen molar-refractivity contribution in [3.63, 3.8) is 0 Å². The number of anilines is 1. The third-order valence-corrected chi connectivity index (χ3v) is 4.00. The molecule has 0 aliphatic carbocycles. The van der Waals surface area contributed by atoms with Gasteiger partial charge in [-0.05, 0) is 44.2 Å². The molecule has 3 nitrogen and oxygen atoms in total. The first kappa shape index (κ1) is 14.0. The molecule has 1 amide bonds. The summed E-state index contributed by atoms with van der Waals surface area (Å²) in [6.07, 6.45) is 3.48. The summed E-state index contributed by atoms with van der Waals surface area (Å²) in [6.45, 7) is 5.79. The van der Waals surface area contributed by atoms with Gasteiger partial charge in [0, 0.05) is 18.8 Å². The van der Waals surface area contributed by atoms with Crippen molar-refractivity contribution in [1.29, 1.82) is 0 Å². The summed E-state index contributed by atoms with van der Waals surface area (Å²) in [5.41, 5.74) is 3.01. The molecule has 0 aromatic heterocycles. The van der Waals surface area contributed by atoms with E-state index in [0.29, 0.717) is 4.99 Å². The number of nitrogens with zero attached hydrogens (tertiary/aromatic N) is 1. The standard InChI is InChI=1S/C15H20N2OS/c1-11-7-6-8-12(2)13(11)16-14(18)15(19)17-9-4-3-5-10-17/h6-8H,3-5,9-10H2,1-2H3,(H,16,18). The van der Waals surface area contributed by atoms with Gasteiger partial charge in [-0.25, -0.2) is 0 Å². The second-order valence-electron chi connectivity index (χ2n) is 5.07. The van der Waals surface area contributed by atoms with Gasteiger partial charge in [0.05, 0.1) is 0 Å². The Morgan fingerprint density at radius 3 is 2.32 bits per heavy atom. The van der Waals surface area contributed by atoms with E-state index in [2.05, 4.69) is 5.32 Å². The van der Waals surface area contributed by atoms with Crippen LogP contribution >= 0.6 is 12.2 Å². The van der Waals surface area contributed by atoms with Crippen LogP contribution in [0, 0.1) is 13.8 Å². The number of nitrogens with one attached hydrogen (secondary N) is 1. The van der Waals surface area contributed by atoms with Gasteiger partial charge in [-0.3, -0.25) is 4.79 Å². The van der Waals surface area contributed by atoms with E-state index in [1.54, 1.807) is 0 Å². The minimum Gasteiger partial charge on any atom is -0.358 e. The highest BCUT2D eigenvalue weighted by Gasteiger charge is 2.20. The van der Waals surface area contributed by atoms with E-state index in [4.69, 9.17) is 12.2 Å². The number of rotatable bonds is 1. The average molecular weight is 276 g/mol. The van der Waals surface area contributed by atoms with E-state index in [1.807, 2.05) is 36.9 Å². The van der Waals surface area contributed by atoms with Crippen molar-refractivity contribution in [2.24, 2.45) is 0 Å². The maximum absolute atomic E-state index is 12.2. The quantitative estimate of drug-likeness (QED) is 0.800. The zero-order valence-electron chi connectivity index (χ0n) is 11.5. The van der Waals surface area contributed by atoms with E-state index < -0.39 is 0 Å². The Labute approximate surface area is 120 Å². The summed E-state index contributed by atoms with van der Waals surface area (Å²) >= 11 is 5.30. The van der Waals surface area contributed by atoms with Gasteiger partial charge in [0.15, 0.2) is 4.99 Å². The number of thiocarbonyl (C=S) groups is 1. The second kappa shape index (κ2) is 6.15. The lowest BCUT2D eigenvalue weighted by Gasteiger charge is -2.28. The van der Waals surface area contributed by atoms with E-state index in [0.717, 1.165) is 42.7 Å². The molecule has 19 heavy (non-hydrogen) atoms. The van der Waals surface area contributed by atoms with Crippen LogP contribution in [0.3, 0.4) is 0 Å². The third kappa shape index (κ3) is 3.32. The van der Waals surface area contributed by atoms with Crippen LogP contribution in [0.15, 0.2) is 18.2 Å². The maximum Gasteiger partial charge on any atom is 0.283 e. The summed E-state index contributed by atoms with van der Waals surface area (Å²) in [5.74, 6) is -0.158. The molecule has 1 aliphatic rings. The Morgan fingerprint density at radius 1 is 1.16 bits per heavy atom. The molecule has 2 rings (SSSR count). The Hall–Kier alpha value is -1.42. The van der Waals surface area contributed by atoms with Crippen molar-refractivity contribution in [2.75, 3.05) is 18.4 Å². The van der Waals surface area contributed by atoms with Crippen molar-refractivity contribution >= 4 is 28.8 Å². The monoisotopic (exact) mass is 276 g/mol. The molecule has 0 atom stereocenters. The minimum absolute atomic E-state index is 0.158. The SMILES string of the molecule is Cc1cccc(C)c1NC(=O)C(=S)N1CCCCC1. The second-order valence-corrected chi connectivity index (χ2v) is 5.46. The molecule has 1 heterocycles. The fraction of sp³-hybridized carbons (Fsp3) is 0.467. The molecule has 1 N–H and O–H groups in total. The molecule has 0 saturated carbocycles. The minimum atomic E-state index is -0.158. The first-order valence-electron chi connectivity index (χ1n) is 6.76. The summed E-state index contributed by atoms with van der Waals surface area (Å²) in [4.78, 5) is 14.7. The van der Waals surface area contributed by atoms with Crippen LogP contribution in [0.5, 0.6) is 0 Å². The van der Waals surface area contributed by atoms with Crippen LogP contribution in [0.1, 0.15) is 30.4 Å². The Kier molecular flexibility index (Phi) is 4.53. The highest BCUT2D eigenvalue weighted by molar-refractivity contribution is 7.82. The number of carbonyl (C=O) groups is 1. The first-order chi connectivity index (χ1) is 9.09. The zero-order valence-corrected chi connectivity index (χ0v) is 12.3. The van der Waals surface area contributed by atoms with Crippen molar-refractivity contribution < 1.29 is 4.79 Å². The lowest BCUT2D eigenvalue weighted by atomic mass is 10.1. The molecule has 0 spiro atoms. The van der Waals surface area contributed by atoms with Crippen LogP contribution in [-0.2, 0) is 4.79 Å². The van der Waals surface area contributed by atoms with Gasteiger partial charge < -0.3 is 10.2 Å². The van der Waals surface area contributed by atoms with E-state index in [1.165, 1.54) is 6.42 Å². The van der Waals surface area contributed by atoms with Crippen LogP contribution < -0.4 is 5.32 Å². The fourth-order valence-electron chi connectivity index (χ4n) is 2.42. The number of carbonyl (C=O) groups excluding carboxylic acids is 1. The van der Waals surface area contributed by atoms with E-state index >= 15 is 0 Å². The number of piperidine rings is 1. The van der Waals surface area contributed by atoms with Gasteiger partial charge in [-0.2, -0.15) is 0 Å². The lowest BCUT2D eigenvalue weighted by Crippen LogP contribution is -2.41. The van der Waals surface area contributed by atoms with E-state index in [9.17, 15) is 4.79 Å². The number of hydrogen-bond acceptors (Lipinski definition) is 2. The predicted octanol–water partition coefficient (Wildman–Crippen LogP) is 3.06. The smallest absolute Gasteiger partial charge is 0.283 e. The number of likely N-dealkylation sites (tertiary alicyclic amines) is 1.